The van der Waals surface area contributed by atoms with Crippen LogP contribution in [0.15, 0.2) is 54.1 Å². The average molecular weight is 494 g/mol. The van der Waals surface area contributed by atoms with E-state index in [1.807, 2.05) is 43.5 Å². The van der Waals surface area contributed by atoms with Crippen LogP contribution in [0.25, 0.3) is 11.8 Å². The maximum atomic E-state index is 13.3. The lowest BCUT2D eigenvalue weighted by Gasteiger charge is -2.29. The predicted molar refractivity (Wildman–Crippen MR) is 135 cm³/mol. The Morgan fingerprint density at radius 1 is 1.03 bits per heavy atom. The Morgan fingerprint density at radius 3 is 2.32 bits per heavy atom. The number of nitrogens with one attached hydrogen (secondary N) is 1. The zero-order chi connectivity index (χ0) is 24.7. The highest BCUT2D eigenvalue weighted by molar-refractivity contribution is 7.80. The maximum Gasteiger partial charge on any atom is 0.337 e. The minimum Gasteiger partial charge on any atom is -0.478 e. The number of carboxylic acids is 1. The molecular weight excluding hydrogens is 474 g/mol. The maximum absolute atomic E-state index is 13.3. The van der Waals surface area contributed by atoms with Gasteiger partial charge in [0.05, 0.1) is 16.3 Å². The van der Waals surface area contributed by atoms with Crippen molar-refractivity contribution in [3.8, 4) is 5.69 Å². The molecule has 34 heavy (non-hydrogen) atoms. The number of amides is 2. The molecule has 1 aliphatic heterocycles. The number of thiocarbonyl (C=S) groups is 1. The van der Waals surface area contributed by atoms with E-state index < -0.39 is 17.8 Å². The van der Waals surface area contributed by atoms with E-state index in [1.165, 1.54) is 23.1 Å². The normalized spacial score (nSPS) is 15.1. The van der Waals surface area contributed by atoms with Crippen LogP contribution in [0.1, 0.15) is 32.9 Å². The van der Waals surface area contributed by atoms with Crippen molar-refractivity contribution in [3.63, 3.8) is 0 Å². The van der Waals surface area contributed by atoms with Crippen LogP contribution in [0, 0.1) is 20.8 Å². The molecule has 0 bridgehead atoms. The fraction of sp³-hybridized carbons (Fsp3) is 0.120. The van der Waals surface area contributed by atoms with Gasteiger partial charge in [-0.15, -0.1) is 0 Å². The molecule has 2 heterocycles. The number of aryl methyl sites for hydroxylation is 2. The lowest BCUT2D eigenvalue weighted by Crippen LogP contribution is -2.54. The fourth-order valence-corrected chi connectivity index (χ4v) is 4.37. The van der Waals surface area contributed by atoms with Crippen molar-refractivity contribution in [1.82, 2.24) is 9.88 Å². The van der Waals surface area contributed by atoms with E-state index >= 15 is 0 Å². The standard InChI is InChI=1S/C25H20ClN3O4S/c1-13-4-6-17(7-5-13)29-23(31)20(22(30)27-25(29)34)11-16-10-14(2)28(15(16)3)18-8-9-21(26)19(12-18)24(32)33/h4-12H,1-3H3,(H,32,33)(H,27,30,34)/b20-11+. The second-order valence-corrected chi connectivity index (χ2v) is 8.72. The molecule has 1 saturated heterocycles. The first-order valence-electron chi connectivity index (χ1n) is 10.3. The lowest BCUT2D eigenvalue weighted by molar-refractivity contribution is -0.122. The number of aromatic carboxylic acids is 1. The van der Waals surface area contributed by atoms with Crippen molar-refractivity contribution in [2.24, 2.45) is 0 Å². The SMILES string of the molecule is Cc1ccc(N2C(=O)/C(=C/c3cc(C)n(-c4ccc(Cl)c(C(=O)O)c4)c3C)C(=O)NC2=S)cc1. The molecule has 7 nitrogen and oxygen atoms in total. The van der Waals surface area contributed by atoms with E-state index in [2.05, 4.69) is 5.32 Å². The number of carboxylic acid groups (broad SMARTS) is 1. The number of hydrogen-bond acceptors (Lipinski definition) is 4. The number of anilines is 1. The highest BCUT2D eigenvalue weighted by Crippen LogP contribution is 2.28. The van der Waals surface area contributed by atoms with Crippen LogP contribution in [0.4, 0.5) is 5.69 Å². The quantitative estimate of drug-likeness (QED) is 0.315. The number of aromatic nitrogens is 1. The number of hydrogen-bond donors (Lipinski definition) is 2. The van der Waals surface area contributed by atoms with Crippen molar-refractivity contribution in [2.45, 2.75) is 20.8 Å². The summed E-state index contributed by atoms with van der Waals surface area (Å²) < 4.78 is 1.84. The van der Waals surface area contributed by atoms with Gasteiger partial charge in [-0.1, -0.05) is 29.3 Å². The van der Waals surface area contributed by atoms with Crippen LogP contribution in [-0.2, 0) is 9.59 Å². The summed E-state index contributed by atoms with van der Waals surface area (Å²) in [5.74, 6) is -2.24. The van der Waals surface area contributed by atoms with Crippen LogP contribution >= 0.6 is 23.8 Å². The Balaban J connectivity index is 1.77. The molecule has 0 saturated carbocycles. The highest BCUT2D eigenvalue weighted by Gasteiger charge is 2.34. The predicted octanol–water partition coefficient (Wildman–Crippen LogP) is 4.59. The molecule has 0 unspecified atom stereocenters. The van der Waals surface area contributed by atoms with Gasteiger partial charge in [-0.3, -0.25) is 19.8 Å². The minimum atomic E-state index is -1.13. The van der Waals surface area contributed by atoms with Crippen molar-refractivity contribution in [3.05, 3.63) is 87.2 Å². The lowest BCUT2D eigenvalue weighted by atomic mass is 10.1. The van der Waals surface area contributed by atoms with Crippen LogP contribution in [-0.4, -0.2) is 32.6 Å². The first-order valence-corrected chi connectivity index (χ1v) is 11.1. The summed E-state index contributed by atoms with van der Waals surface area (Å²) in [4.78, 5) is 38.8. The summed E-state index contributed by atoms with van der Waals surface area (Å²) in [5, 5.41) is 12.1. The van der Waals surface area contributed by atoms with Crippen LogP contribution in [0.2, 0.25) is 5.02 Å². The highest BCUT2D eigenvalue weighted by atomic mass is 35.5. The van der Waals surface area contributed by atoms with Gasteiger partial charge in [0.2, 0.25) is 0 Å². The van der Waals surface area contributed by atoms with Crippen molar-refractivity contribution >= 4 is 58.5 Å². The van der Waals surface area contributed by atoms with Gasteiger partial charge in [0.25, 0.3) is 11.8 Å². The molecule has 2 aromatic carbocycles. The molecule has 0 aliphatic carbocycles. The Labute approximate surface area is 206 Å². The van der Waals surface area contributed by atoms with Gasteiger partial charge >= 0.3 is 5.97 Å². The van der Waals surface area contributed by atoms with Crippen LogP contribution in [0.3, 0.4) is 0 Å². The summed E-state index contributed by atoms with van der Waals surface area (Å²) in [6, 6.07) is 13.8. The van der Waals surface area contributed by atoms with E-state index in [0.29, 0.717) is 16.9 Å². The fourth-order valence-electron chi connectivity index (χ4n) is 3.89. The molecule has 2 N–H and O–H groups in total. The van der Waals surface area contributed by atoms with Gasteiger partial charge in [-0.2, -0.15) is 0 Å². The smallest absolute Gasteiger partial charge is 0.337 e. The van der Waals surface area contributed by atoms with Gasteiger partial charge in [-0.25, -0.2) is 4.79 Å². The largest absolute Gasteiger partial charge is 0.478 e. The first kappa shape index (κ1) is 23.4. The second-order valence-electron chi connectivity index (χ2n) is 7.92. The molecule has 172 valence electrons. The summed E-state index contributed by atoms with van der Waals surface area (Å²) >= 11 is 11.3. The van der Waals surface area contributed by atoms with Gasteiger partial charge in [-0.05, 0) is 81.0 Å². The number of nitrogens with zero attached hydrogens (tertiary/aromatic N) is 2. The summed E-state index contributed by atoms with van der Waals surface area (Å²) in [5.41, 5.74) is 4.26. The minimum absolute atomic E-state index is 0.0174. The molecule has 0 radical (unpaired) electrons. The van der Waals surface area contributed by atoms with Crippen LogP contribution < -0.4 is 10.2 Å². The Bertz CT molecular complexity index is 1410. The topological polar surface area (TPSA) is 91.6 Å². The van der Waals surface area contributed by atoms with Crippen LogP contribution in [0.5, 0.6) is 0 Å². The van der Waals surface area contributed by atoms with Crippen molar-refractivity contribution in [2.75, 3.05) is 4.90 Å². The third-order valence-corrected chi connectivity index (χ3v) is 6.22. The Morgan fingerprint density at radius 2 is 1.68 bits per heavy atom. The third kappa shape index (κ3) is 4.13. The monoisotopic (exact) mass is 493 g/mol. The molecule has 1 fully saturated rings. The number of halogens is 1. The molecule has 2 amide bonds. The number of benzene rings is 2. The summed E-state index contributed by atoms with van der Waals surface area (Å²) in [6.45, 7) is 5.60. The molecule has 9 heteroatoms. The summed E-state index contributed by atoms with van der Waals surface area (Å²) in [6.07, 6.45) is 1.52. The number of carbonyl (C=O) groups excluding carboxylic acids is 2. The third-order valence-electron chi connectivity index (χ3n) is 5.60. The molecule has 4 rings (SSSR count). The van der Waals surface area contributed by atoms with E-state index in [4.69, 9.17) is 23.8 Å². The molecule has 3 aromatic rings. The number of carbonyl (C=O) groups is 3. The van der Waals surface area contributed by atoms with E-state index in [-0.39, 0.29) is 21.3 Å². The van der Waals surface area contributed by atoms with E-state index in [0.717, 1.165) is 17.0 Å². The summed E-state index contributed by atoms with van der Waals surface area (Å²) in [7, 11) is 0. The molecule has 1 aromatic heterocycles. The zero-order valence-electron chi connectivity index (χ0n) is 18.5. The molecule has 1 aliphatic rings. The average Bonchev–Trinajstić information content (AvgIpc) is 3.05. The van der Waals surface area contributed by atoms with E-state index in [1.54, 1.807) is 18.2 Å². The number of rotatable bonds is 4. The van der Waals surface area contributed by atoms with Crippen molar-refractivity contribution < 1.29 is 19.5 Å². The molecule has 0 spiro atoms. The molecular formula is C25H20ClN3O4S. The van der Waals surface area contributed by atoms with Gasteiger partial charge in [0, 0.05) is 17.1 Å². The van der Waals surface area contributed by atoms with Gasteiger partial charge < -0.3 is 9.67 Å². The van der Waals surface area contributed by atoms with Crippen molar-refractivity contribution in [1.29, 1.82) is 0 Å². The van der Waals surface area contributed by atoms with E-state index in [9.17, 15) is 19.5 Å². The van der Waals surface area contributed by atoms with Gasteiger partial charge in [0.1, 0.15) is 5.57 Å². The Hall–Kier alpha value is -3.75. The molecule has 0 atom stereocenters. The zero-order valence-corrected chi connectivity index (χ0v) is 20.1. The first-order chi connectivity index (χ1) is 16.1. The van der Waals surface area contributed by atoms with Gasteiger partial charge in [0.15, 0.2) is 5.11 Å². The Kier molecular flexibility index (Phi) is 6.12. The second kappa shape index (κ2) is 8.89.